The van der Waals surface area contributed by atoms with Crippen molar-refractivity contribution < 1.29 is 23.1 Å². The van der Waals surface area contributed by atoms with Crippen molar-refractivity contribution in [1.29, 1.82) is 0 Å². The molecule has 0 bridgehead atoms. The maximum Gasteiger partial charge on any atom is 0.281 e. The summed E-state index contributed by atoms with van der Waals surface area (Å²) in [7, 11) is 0. The van der Waals surface area contributed by atoms with E-state index in [-0.39, 0.29) is 23.1 Å². The van der Waals surface area contributed by atoms with E-state index in [1.54, 1.807) is 11.0 Å². The van der Waals surface area contributed by atoms with Crippen LogP contribution in [0.2, 0.25) is 0 Å². The Morgan fingerprint density at radius 2 is 1.63 bits per heavy atom. The summed E-state index contributed by atoms with van der Waals surface area (Å²) in [6.45, 7) is 10.3. The first-order valence-corrected chi connectivity index (χ1v) is 13.8. The molecule has 0 unspecified atom stereocenters. The Labute approximate surface area is 239 Å². The van der Waals surface area contributed by atoms with Gasteiger partial charge in [0, 0.05) is 51.9 Å². The standard InChI is InChI=1S/C17H21F2N9O2.C10H18O/c18-13(19)12-11(9-21-15(20)22-12)14-23-16(27-3-1-26(10-29)2-4-27)25-17(24-14)28-5-7-30-8-6-28;1-4-5-6-7-10(11)8-9(2)3/h9-10,13H,1-8H2,(H2,20,21,22);8H,4-7H2,1-3H3. The summed E-state index contributed by atoms with van der Waals surface area (Å²) < 4.78 is 32.6. The summed E-state index contributed by atoms with van der Waals surface area (Å²) in [5.74, 6) is 0.798. The van der Waals surface area contributed by atoms with Crippen LogP contribution in [-0.4, -0.2) is 94.5 Å². The Hall–Kier alpha value is -3.81. The number of aromatic nitrogens is 5. The fraction of sp³-hybridized carbons (Fsp3) is 0.593. The van der Waals surface area contributed by atoms with Gasteiger partial charge in [-0.05, 0) is 26.3 Å². The molecule has 4 rings (SSSR count). The molecule has 4 heterocycles. The van der Waals surface area contributed by atoms with Gasteiger partial charge in [0.05, 0.1) is 18.8 Å². The first kappa shape index (κ1) is 31.7. The number of halogens is 2. The molecule has 0 saturated carbocycles. The van der Waals surface area contributed by atoms with Gasteiger partial charge in [-0.1, -0.05) is 25.3 Å². The highest BCUT2D eigenvalue weighted by Crippen LogP contribution is 2.29. The molecule has 41 heavy (non-hydrogen) atoms. The molecule has 1 amide bonds. The zero-order valence-corrected chi connectivity index (χ0v) is 23.9. The van der Waals surface area contributed by atoms with Crippen LogP contribution in [0.15, 0.2) is 17.8 Å². The normalized spacial score (nSPS) is 15.3. The predicted octanol–water partition coefficient (Wildman–Crippen LogP) is 3.07. The SMILES string of the molecule is CCCCCC(=O)C=C(C)C.Nc1ncc(-c2nc(N3CCOCC3)nc(N3CCN(C=O)CC3)n2)c(C(F)F)n1. The fourth-order valence-corrected chi connectivity index (χ4v) is 4.24. The molecule has 14 heteroatoms. The topological polar surface area (TPSA) is 144 Å². The molecule has 2 aliphatic rings. The van der Waals surface area contributed by atoms with Crippen LogP contribution in [0.3, 0.4) is 0 Å². The molecule has 2 N–H and O–H groups in total. The van der Waals surface area contributed by atoms with E-state index in [9.17, 15) is 18.4 Å². The maximum absolute atomic E-state index is 13.6. The van der Waals surface area contributed by atoms with Gasteiger partial charge in [0.15, 0.2) is 11.6 Å². The largest absolute Gasteiger partial charge is 0.378 e. The number of ketones is 1. The Morgan fingerprint density at radius 1 is 1.00 bits per heavy atom. The highest BCUT2D eigenvalue weighted by atomic mass is 19.3. The highest BCUT2D eigenvalue weighted by molar-refractivity contribution is 5.90. The number of morpholine rings is 1. The van der Waals surface area contributed by atoms with Gasteiger partial charge in [-0.3, -0.25) is 9.59 Å². The second-order valence-electron chi connectivity index (χ2n) is 9.96. The van der Waals surface area contributed by atoms with Gasteiger partial charge in [0.25, 0.3) is 6.43 Å². The first-order chi connectivity index (χ1) is 19.7. The monoisotopic (exact) mass is 575 g/mol. The molecule has 2 aromatic rings. The van der Waals surface area contributed by atoms with E-state index in [1.807, 2.05) is 23.6 Å². The summed E-state index contributed by atoms with van der Waals surface area (Å²) in [6, 6.07) is 0. The van der Waals surface area contributed by atoms with Crippen LogP contribution in [-0.2, 0) is 14.3 Å². The Morgan fingerprint density at radius 3 is 2.20 bits per heavy atom. The quantitative estimate of drug-likeness (QED) is 0.254. The molecule has 224 valence electrons. The number of nitrogen functional groups attached to an aromatic ring is 1. The third-order valence-corrected chi connectivity index (χ3v) is 6.41. The van der Waals surface area contributed by atoms with E-state index in [1.165, 1.54) is 19.0 Å². The molecule has 2 saturated heterocycles. The Balaban J connectivity index is 0.000000358. The van der Waals surface area contributed by atoms with Crippen molar-refractivity contribution in [2.24, 2.45) is 0 Å². The molecule has 0 radical (unpaired) electrons. The van der Waals surface area contributed by atoms with Crippen molar-refractivity contribution in [2.75, 3.05) is 68.0 Å². The molecular formula is C27H39F2N9O3. The van der Waals surface area contributed by atoms with Crippen molar-refractivity contribution in [3.8, 4) is 11.4 Å². The molecule has 0 atom stereocenters. The van der Waals surface area contributed by atoms with Gasteiger partial charge >= 0.3 is 0 Å². The number of unbranched alkanes of at least 4 members (excludes halogenated alkanes) is 2. The molecule has 0 aromatic carbocycles. The lowest BCUT2D eigenvalue weighted by Gasteiger charge is -2.33. The number of piperazine rings is 1. The summed E-state index contributed by atoms with van der Waals surface area (Å²) in [5.41, 5.74) is 6.07. The van der Waals surface area contributed by atoms with Gasteiger partial charge in [0.2, 0.25) is 24.3 Å². The van der Waals surface area contributed by atoms with Crippen LogP contribution in [0.1, 0.15) is 58.6 Å². The molecule has 12 nitrogen and oxygen atoms in total. The van der Waals surface area contributed by atoms with Crippen molar-refractivity contribution in [2.45, 2.75) is 52.9 Å². The van der Waals surface area contributed by atoms with Gasteiger partial charge in [-0.15, -0.1) is 0 Å². The molecule has 0 spiro atoms. The predicted molar refractivity (Wildman–Crippen MR) is 152 cm³/mol. The zero-order valence-electron chi connectivity index (χ0n) is 23.9. The number of alkyl halides is 2. The van der Waals surface area contributed by atoms with Gasteiger partial charge < -0.3 is 25.2 Å². The number of carbonyl (C=O) groups excluding carboxylic acids is 2. The minimum absolute atomic E-state index is 0.00360. The van der Waals surface area contributed by atoms with Crippen LogP contribution >= 0.6 is 0 Å². The summed E-state index contributed by atoms with van der Waals surface area (Å²) in [5, 5.41) is 0. The average molecular weight is 576 g/mol. The summed E-state index contributed by atoms with van der Waals surface area (Å²) >= 11 is 0. The lowest BCUT2D eigenvalue weighted by molar-refractivity contribution is -0.118. The smallest absolute Gasteiger partial charge is 0.281 e. The van der Waals surface area contributed by atoms with Crippen molar-refractivity contribution in [1.82, 2.24) is 29.8 Å². The number of rotatable bonds is 10. The van der Waals surface area contributed by atoms with Gasteiger partial charge in [-0.2, -0.15) is 15.0 Å². The number of hydrogen-bond donors (Lipinski definition) is 1. The number of anilines is 3. The fourth-order valence-electron chi connectivity index (χ4n) is 4.24. The van der Waals surface area contributed by atoms with E-state index in [2.05, 4.69) is 31.8 Å². The first-order valence-electron chi connectivity index (χ1n) is 13.8. The lowest BCUT2D eigenvalue weighted by atomic mass is 10.1. The molecular weight excluding hydrogens is 536 g/mol. The van der Waals surface area contributed by atoms with Crippen LogP contribution in [0.4, 0.5) is 26.6 Å². The minimum atomic E-state index is -2.87. The number of nitrogens with zero attached hydrogens (tertiary/aromatic N) is 8. The molecule has 0 aliphatic carbocycles. The van der Waals surface area contributed by atoms with Gasteiger partial charge in [0.1, 0.15) is 5.69 Å². The van der Waals surface area contributed by atoms with Crippen LogP contribution in [0, 0.1) is 0 Å². The summed E-state index contributed by atoms with van der Waals surface area (Å²) in [6.07, 6.45) is 4.98. The molecule has 2 aliphatic heterocycles. The number of amides is 1. The number of hydrogen-bond acceptors (Lipinski definition) is 11. The van der Waals surface area contributed by atoms with E-state index >= 15 is 0 Å². The minimum Gasteiger partial charge on any atom is -0.378 e. The van der Waals surface area contributed by atoms with Gasteiger partial charge in [-0.25, -0.2) is 18.7 Å². The lowest BCUT2D eigenvalue weighted by Crippen LogP contribution is -2.46. The Kier molecular flexibility index (Phi) is 12.3. The van der Waals surface area contributed by atoms with Crippen molar-refractivity contribution in [3.05, 3.63) is 23.5 Å². The molecule has 2 fully saturated rings. The Bertz CT molecular complexity index is 1180. The second kappa shape index (κ2) is 15.8. The molecule has 2 aromatic heterocycles. The second-order valence-corrected chi connectivity index (χ2v) is 9.96. The third-order valence-electron chi connectivity index (χ3n) is 6.41. The summed E-state index contributed by atoms with van der Waals surface area (Å²) in [4.78, 5) is 48.5. The zero-order chi connectivity index (χ0) is 29.8. The number of ether oxygens (including phenoxy) is 1. The highest BCUT2D eigenvalue weighted by Gasteiger charge is 2.25. The number of carbonyl (C=O) groups is 2. The average Bonchev–Trinajstić information content (AvgIpc) is 2.97. The van der Waals surface area contributed by atoms with E-state index < -0.39 is 12.1 Å². The van der Waals surface area contributed by atoms with Crippen LogP contribution in [0.5, 0.6) is 0 Å². The third kappa shape index (κ3) is 9.66. The van der Waals surface area contributed by atoms with E-state index in [0.717, 1.165) is 24.8 Å². The van der Waals surface area contributed by atoms with Crippen LogP contribution < -0.4 is 15.5 Å². The van der Waals surface area contributed by atoms with Crippen molar-refractivity contribution in [3.63, 3.8) is 0 Å². The van der Waals surface area contributed by atoms with Crippen LogP contribution in [0.25, 0.3) is 11.4 Å². The van der Waals surface area contributed by atoms with E-state index in [0.29, 0.717) is 64.4 Å². The van der Waals surface area contributed by atoms with Crippen molar-refractivity contribution >= 4 is 30.0 Å². The number of allylic oxidation sites excluding steroid dienone is 2. The van der Waals surface area contributed by atoms with E-state index in [4.69, 9.17) is 10.5 Å². The number of nitrogens with two attached hydrogens (primary N) is 1. The maximum atomic E-state index is 13.6.